The lowest BCUT2D eigenvalue weighted by molar-refractivity contribution is -0.183. The molecule has 0 aromatic carbocycles. The van der Waals surface area contributed by atoms with Crippen molar-refractivity contribution in [2.75, 3.05) is 0 Å². The monoisotopic (exact) mass is 306 g/mol. The lowest BCUT2D eigenvalue weighted by atomic mass is 9.80. The fourth-order valence-electron chi connectivity index (χ4n) is 2.66. The number of carboxylic acids is 1. The van der Waals surface area contributed by atoms with Crippen LogP contribution in [-0.2, 0) is 10.3 Å². The van der Waals surface area contributed by atoms with Crippen LogP contribution in [0.25, 0.3) is 0 Å². The van der Waals surface area contributed by atoms with Crippen LogP contribution in [0.4, 0.5) is 13.2 Å². The van der Waals surface area contributed by atoms with Gasteiger partial charge in [-0.1, -0.05) is 6.42 Å². The van der Waals surface area contributed by atoms with Gasteiger partial charge in [0.05, 0.1) is 5.92 Å². The van der Waals surface area contributed by atoms with E-state index in [1.165, 1.54) is 13.8 Å². The Morgan fingerprint density at radius 2 is 2.00 bits per heavy atom. The third-order valence-corrected chi connectivity index (χ3v) is 4.05. The Bertz CT molecular complexity index is 527. The lowest BCUT2D eigenvalue weighted by Crippen LogP contribution is -2.39. The topological polar surface area (TPSA) is 80.9 Å². The van der Waals surface area contributed by atoms with Gasteiger partial charge in [0.25, 0.3) is 0 Å². The van der Waals surface area contributed by atoms with Gasteiger partial charge >= 0.3 is 12.1 Å². The summed E-state index contributed by atoms with van der Waals surface area (Å²) in [5.41, 5.74) is -1.40. The quantitative estimate of drug-likeness (QED) is 0.927. The molecule has 1 aromatic rings. The number of carboxylic acid groups (broad SMARTS) is 1. The Hall–Kier alpha value is -1.67. The minimum absolute atomic E-state index is 0.0976. The van der Waals surface area contributed by atoms with E-state index in [4.69, 9.17) is 0 Å². The normalized spacial score (nSPS) is 24.0. The van der Waals surface area contributed by atoms with Crippen LogP contribution in [0.2, 0.25) is 0 Å². The number of hydrogen-bond acceptors (Lipinski definition) is 4. The molecule has 1 aromatic heterocycles. The standard InChI is InChI=1S/C12H17F3N4O2/c1-11(2,10(20)21)19-9(16-17-18-19)7-4-3-5-8(6-7)12(13,14)15/h7-8H,3-6H2,1-2H3,(H,20,21). The maximum Gasteiger partial charge on any atom is 0.391 e. The molecule has 1 heterocycles. The lowest BCUT2D eigenvalue weighted by Gasteiger charge is -2.31. The van der Waals surface area contributed by atoms with Gasteiger partial charge < -0.3 is 5.11 Å². The summed E-state index contributed by atoms with van der Waals surface area (Å²) in [7, 11) is 0. The van der Waals surface area contributed by atoms with Gasteiger partial charge in [-0.3, -0.25) is 0 Å². The summed E-state index contributed by atoms with van der Waals surface area (Å²) >= 11 is 0. The maximum absolute atomic E-state index is 12.9. The van der Waals surface area contributed by atoms with Crippen LogP contribution in [0.1, 0.15) is 51.3 Å². The van der Waals surface area contributed by atoms with Crippen molar-refractivity contribution in [3.8, 4) is 0 Å². The molecule has 1 aliphatic carbocycles. The van der Waals surface area contributed by atoms with E-state index in [0.29, 0.717) is 12.8 Å². The molecular weight excluding hydrogens is 289 g/mol. The third-order valence-electron chi connectivity index (χ3n) is 4.05. The Morgan fingerprint density at radius 3 is 2.57 bits per heavy atom. The van der Waals surface area contributed by atoms with Crippen molar-refractivity contribution in [1.29, 1.82) is 0 Å². The number of halogens is 3. The molecule has 0 radical (unpaired) electrons. The molecule has 1 aliphatic rings. The molecule has 0 spiro atoms. The van der Waals surface area contributed by atoms with Gasteiger partial charge in [0.15, 0.2) is 11.4 Å². The zero-order valence-electron chi connectivity index (χ0n) is 11.8. The van der Waals surface area contributed by atoms with E-state index in [-0.39, 0.29) is 18.7 Å². The molecule has 1 N–H and O–H groups in total. The van der Waals surface area contributed by atoms with Crippen molar-refractivity contribution >= 4 is 5.97 Å². The summed E-state index contributed by atoms with van der Waals surface area (Å²) in [5.74, 6) is -2.77. The fourth-order valence-corrected chi connectivity index (χ4v) is 2.66. The summed E-state index contributed by atoms with van der Waals surface area (Å²) in [6.07, 6.45) is -3.28. The molecule has 21 heavy (non-hydrogen) atoms. The molecule has 6 nitrogen and oxygen atoms in total. The first kappa shape index (κ1) is 15.7. The molecule has 0 bridgehead atoms. The van der Waals surface area contributed by atoms with Crippen LogP contribution in [0.15, 0.2) is 0 Å². The highest BCUT2D eigenvalue weighted by Crippen LogP contribution is 2.43. The van der Waals surface area contributed by atoms with Crippen LogP contribution in [0, 0.1) is 5.92 Å². The molecular formula is C12H17F3N4O2. The first-order valence-corrected chi connectivity index (χ1v) is 6.73. The number of carbonyl (C=O) groups is 1. The van der Waals surface area contributed by atoms with Gasteiger partial charge in [0.1, 0.15) is 0 Å². The largest absolute Gasteiger partial charge is 0.479 e. The minimum atomic E-state index is -4.24. The molecule has 2 unspecified atom stereocenters. The summed E-state index contributed by atoms with van der Waals surface area (Å²) in [5, 5.41) is 20.1. The number of aliphatic carboxylic acids is 1. The van der Waals surface area contributed by atoms with Gasteiger partial charge in [-0.2, -0.15) is 13.2 Å². The van der Waals surface area contributed by atoms with Crippen LogP contribution < -0.4 is 0 Å². The molecule has 9 heteroatoms. The van der Waals surface area contributed by atoms with Crippen LogP contribution in [-0.4, -0.2) is 37.5 Å². The van der Waals surface area contributed by atoms with Gasteiger partial charge in [0.2, 0.25) is 0 Å². The minimum Gasteiger partial charge on any atom is -0.479 e. The fraction of sp³-hybridized carbons (Fsp3) is 0.833. The van der Waals surface area contributed by atoms with Gasteiger partial charge in [-0.15, -0.1) is 5.10 Å². The Labute approximate surface area is 119 Å². The van der Waals surface area contributed by atoms with Crippen molar-refractivity contribution in [3.05, 3.63) is 5.82 Å². The predicted octanol–water partition coefficient (Wildman–Crippen LogP) is 2.33. The zero-order chi connectivity index (χ0) is 15.8. The number of tetrazole rings is 1. The highest BCUT2D eigenvalue weighted by Gasteiger charge is 2.44. The first-order valence-electron chi connectivity index (χ1n) is 6.73. The van der Waals surface area contributed by atoms with Crippen LogP contribution in [0.3, 0.4) is 0 Å². The number of nitrogens with zero attached hydrogens (tertiary/aromatic N) is 4. The first-order chi connectivity index (χ1) is 9.64. The van der Waals surface area contributed by atoms with E-state index in [9.17, 15) is 23.1 Å². The molecule has 1 saturated carbocycles. The average Bonchev–Trinajstić information content (AvgIpc) is 2.87. The SMILES string of the molecule is CC(C)(C(=O)O)n1nnnc1C1CCCC(C(F)(F)F)C1. The number of alkyl halides is 3. The smallest absolute Gasteiger partial charge is 0.391 e. The summed E-state index contributed by atoms with van der Waals surface area (Å²) < 4.78 is 39.7. The van der Waals surface area contributed by atoms with E-state index < -0.39 is 29.5 Å². The second kappa shape index (κ2) is 5.27. The molecule has 118 valence electrons. The molecule has 2 rings (SSSR count). The maximum atomic E-state index is 12.9. The third kappa shape index (κ3) is 3.01. The molecule has 0 aliphatic heterocycles. The Morgan fingerprint density at radius 1 is 1.33 bits per heavy atom. The summed E-state index contributed by atoms with van der Waals surface area (Å²) in [6, 6.07) is 0. The van der Waals surface area contributed by atoms with Crippen molar-refractivity contribution in [2.45, 2.75) is 57.2 Å². The number of aromatic nitrogens is 4. The Kier molecular flexibility index (Phi) is 3.94. The van der Waals surface area contributed by atoms with Crippen LogP contribution >= 0.6 is 0 Å². The van der Waals surface area contributed by atoms with Crippen molar-refractivity contribution < 1.29 is 23.1 Å². The van der Waals surface area contributed by atoms with Crippen molar-refractivity contribution in [3.63, 3.8) is 0 Å². The van der Waals surface area contributed by atoms with Crippen molar-refractivity contribution in [1.82, 2.24) is 20.2 Å². The van der Waals surface area contributed by atoms with Gasteiger partial charge in [-0.05, 0) is 43.5 Å². The Balaban J connectivity index is 2.28. The number of rotatable bonds is 3. The predicted molar refractivity (Wildman–Crippen MR) is 65.5 cm³/mol. The molecule has 0 amide bonds. The van der Waals surface area contributed by atoms with Crippen molar-refractivity contribution in [2.24, 2.45) is 5.92 Å². The number of hydrogen-bond donors (Lipinski definition) is 1. The van der Waals surface area contributed by atoms with Crippen LogP contribution in [0.5, 0.6) is 0 Å². The van der Waals surface area contributed by atoms with E-state index in [0.717, 1.165) is 4.68 Å². The van der Waals surface area contributed by atoms with Gasteiger partial charge in [-0.25, -0.2) is 9.48 Å². The highest BCUT2D eigenvalue weighted by molar-refractivity contribution is 5.75. The molecule has 2 atom stereocenters. The van der Waals surface area contributed by atoms with E-state index in [2.05, 4.69) is 15.5 Å². The second-order valence-corrected chi connectivity index (χ2v) is 5.92. The van der Waals surface area contributed by atoms with E-state index >= 15 is 0 Å². The average molecular weight is 306 g/mol. The van der Waals surface area contributed by atoms with Gasteiger partial charge in [0, 0.05) is 5.92 Å². The molecule has 1 fully saturated rings. The zero-order valence-corrected chi connectivity index (χ0v) is 11.8. The summed E-state index contributed by atoms with van der Waals surface area (Å²) in [6.45, 7) is 2.83. The van der Waals surface area contributed by atoms with E-state index in [1.807, 2.05) is 0 Å². The summed E-state index contributed by atoms with van der Waals surface area (Å²) in [4.78, 5) is 11.3. The highest BCUT2D eigenvalue weighted by atomic mass is 19.4. The second-order valence-electron chi connectivity index (χ2n) is 5.92. The van der Waals surface area contributed by atoms with E-state index in [1.54, 1.807) is 0 Å². The molecule has 0 saturated heterocycles.